The molecule has 4 heteroatoms. The second kappa shape index (κ2) is 4.97. The van der Waals surface area contributed by atoms with Gasteiger partial charge in [-0.3, -0.25) is 4.98 Å². The molecule has 98 valence electrons. The minimum atomic E-state index is -0.174. The zero-order valence-corrected chi connectivity index (χ0v) is 10.9. The van der Waals surface area contributed by atoms with Crippen molar-refractivity contribution in [2.24, 2.45) is 5.73 Å². The van der Waals surface area contributed by atoms with E-state index in [9.17, 15) is 0 Å². The van der Waals surface area contributed by atoms with Crippen molar-refractivity contribution in [3.8, 4) is 5.88 Å². The van der Waals surface area contributed by atoms with Crippen LogP contribution in [0.2, 0.25) is 0 Å². The highest BCUT2D eigenvalue weighted by Gasteiger charge is 2.30. The van der Waals surface area contributed by atoms with Gasteiger partial charge in [0, 0.05) is 18.3 Å². The van der Waals surface area contributed by atoms with E-state index in [1.54, 1.807) is 19.5 Å². The molecule has 4 nitrogen and oxygen atoms in total. The number of fused-ring (bicyclic) bond motifs is 1. The van der Waals surface area contributed by atoms with Crippen LogP contribution in [0, 0.1) is 0 Å². The smallest absolute Gasteiger partial charge is 0.237 e. The van der Waals surface area contributed by atoms with Gasteiger partial charge < -0.3 is 10.5 Å². The largest absolute Gasteiger partial charge is 0.480 e. The number of hydrogen-bond acceptors (Lipinski definition) is 4. The Bertz CT molecular complexity index is 585. The van der Waals surface area contributed by atoms with Crippen LogP contribution in [-0.4, -0.2) is 17.1 Å². The van der Waals surface area contributed by atoms with Gasteiger partial charge in [0.2, 0.25) is 5.88 Å². The van der Waals surface area contributed by atoms with Gasteiger partial charge in [-0.25, -0.2) is 4.98 Å². The molecule has 1 aromatic carbocycles. The fraction of sp³-hybridized carbons (Fsp3) is 0.333. The predicted molar refractivity (Wildman–Crippen MR) is 73.0 cm³/mol. The summed E-state index contributed by atoms with van der Waals surface area (Å²) in [6, 6.07) is 8.31. The van der Waals surface area contributed by atoms with Crippen molar-refractivity contribution < 1.29 is 4.74 Å². The summed E-state index contributed by atoms with van der Waals surface area (Å²) in [5, 5.41) is 0. The first-order chi connectivity index (χ1) is 9.31. The zero-order valence-electron chi connectivity index (χ0n) is 10.9. The molecule has 0 fully saturated rings. The van der Waals surface area contributed by atoms with Crippen LogP contribution in [0.3, 0.4) is 0 Å². The average molecular weight is 255 g/mol. The molecule has 1 heterocycles. The Balaban J connectivity index is 1.95. The van der Waals surface area contributed by atoms with E-state index in [-0.39, 0.29) is 6.04 Å². The summed E-state index contributed by atoms with van der Waals surface area (Å²) >= 11 is 0. The van der Waals surface area contributed by atoms with Crippen LogP contribution in [0.25, 0.3) is 0 Å². The summed E-state index contributed by atoms with van der Waals surface area (Å²) in [6.45, 7) is 0. The topological polar surface area (TPSA) is 61.0 Å². The normalized spacial score (nSPS) is 18.9. The Morgan fingerprint density at radius 2 is 2.05 bits per heavy atom. The van der Waals surface area contributed by atoms with Gasteiger partial charge in [-0.2, -0.15) is 0 Å². The molecule has 0 spiro atoms. The second-order valence-corrected chi connectivity index (χ2v) is 4.82. The number of hydrogen-bond donors (Lipinski definition) is 1. The van der Waals surface area contributed by atoms with Crippen LogP contribution in [0.1, 0.15) is 35.2 Å². The highest BCUT2D eigenvalue weighted by atomic mass is 16.5. The Hall–Kier alpha value is -1.94. The molecule has 2 N–H and O–H groups in total. The van der Waals surface area contributed by atoms with Crippen molar-refractivity contribution in [2.45, 2.75) is 24.8 Å². The number of nitrogens with two attached hydrogens (primary N) is 1. The third-order valence-corrected chi connectivity index (χ3v) is 3.81. The first-order valence-electron chi connectivity index (χ1n) is 6.49. The van der Waals surface area contributed by atoms with E-state index in [1.807, 2.05) is 0 Å². The molecule has 1 aliphatic rings. The third kappa shape index (κ3) is 2.08. The summed E-state index contributed by atoms with van der Waals surface area (Å²) in [4.78, 5) is 8.54. The van der Waals surface area contributed by atoms with Gasteiger partial charge in [0.15, 0.2) is 0 Å². The maximum atomic E-state index is 6.41. The Morgan fingerprint density at radius 3 is 2.89 bits per heavy atom. The van der Waals surface area contributed by atoms with Crippen LogP contribution < -0.4 is 10.5 Å². The van der Waals surface area contributed by atoms with Crippen molar-refractivity contribution in [1.82, 2.24) is 9.97 Å². The van der Waals surface area contributed by atoms with Crippen molar-refractivity contribution in [3.05, 3.63) is 53.5 Å². The number of methoxy groups -OCH3 is 1. The standard InChI is InChI=1S/C15H17N3O/c1-19-15-14(17-8-9-18-15)13(16)12-7-6-10-4-2-3-5-11(10)12/h2-5,8-9,12-13H,6-7,16H2,1H3. The van der Waals surface area contributed by atoms with Crippen molar-refractivity contribution in [2.75, 3.05) is 7.11 Å². The van der Waals surface area contributed by atoms with E-state index in [4.69, 9.17) is 10.5 Å². The van der Waals surface area contributed by atoms with E-state index in [1.165, 1.54) is 11.1 Å². The maximum absolute atomic E-state index is 6.41. The molecule has 2 aromatic rings. The molecule has 2 atom stereocenters. The fourth-order valence-electron chi connectivity index (χ4n) is 2.88. The van der Waals surface area contributed by atoms with Crippen molar-refractivity contribution >= 4 is 0 Å². The lowest BCUT2D eigenvalue weighted by Gasteiger charge is -2.20. The molecule has 0 amide bonds. The lowest BCUT2D eigenvalue weighted by Crippen LogP contribution is -2.20. The third-order valence-electron chi connectivity index (χ3n) is 3.81. The van der Waals surface area contributed by atoms with Crippen LogP contribution in [0.5, 0.6) is 5.88 Å². The van der Waals surface area contributed by atoms with Crippen LogP contribution in [0.15, 0.2) is 36.7 Å². The van der Waals surface area contributed by atoms with E-state index in [2.05, 4.69) is 34.2 Å². The number of nitrogens with zero attached hydrogens (tertiary/aromatic N) is 2. The van der Waals surface area contributed by atoms with Crippen LogP contribution >= 0.6 is 0 Å². The van der Waals surface area contributed by atoms with Gasteiger partial charge in [-0.1, -0.05) is 24.3 Å². The average Bonchev–Trinajstić information content (AvgIpc) is 2.90. The summed E-state index contributed by atoms with van der Waals surface area (Å²) in [7, 11) is 1.60. The molecule has 0 saturated heterocycles. The zero-order chi connectivity index (χ0) is 13.2. The van der Waals surface area contributed by atoms with Crippen molar-refractivity contribution in [1.29, 1.82) is 0 Å². The molecule has 2 unspecified atom stereocenters. The summed E-state index contributed by atoms with van der Waals surface area (Å²) < 4.78 is 5.26. The first-order valence-corrected chi connectivity index (χ1v) is 6.49. The van der Waals surface area contributed by atoms with E-state index < -0.39 is 0 Å². The van der Waals surface area contributed by atoms with E-state index >= 15 is 0 Å². The monoisotopic (exact) mass is 255 g/mol. The van der Waals surface area contributed by atoms with Crippen LogP contribution in [0.4, 0.5) is 0 Å². The molecule has 0 aliphatic heterocycles. The number of benzene rings is 1. The summed E-state index contributed by atoms with van der Waals surface area (Å²) in [5.74, 6) is 0.821. The van der Waals surface area contributed by atoms with Gasteiger partial charge in [-0.05, 0) is 24.0 Å². The highest BCUT2D eigenvalue weighted by molar-refractivity contribution is 5.38. The second-order valence-electron chi connectivity index (χ2n) is 4.82. The summed E-state index contributed by atoms with van der Waals surface area (Å²) in [6.07, 6.45) is 5.42. The molecule has 3 rings (SSSR count). The molecule has 0 saturated carbocycles. The molecular formula is C15H17N3O. The molecule has 1 aliphatic carbocycles. The lowest BCUT2D eigenvalue weighted by molar-refractivity contribution is 0.378. The number of ether oxygens (including phenoxy) is 1. The lowest BCUT2D eigenvalue weighted by atomic mass is 9.91. The van der Waals surface area contributed by atoms with E-state index in [0.29, 0.717) is 11.8 Å². The maximum Gasteiger partial charge on any atom is 0.237 e. The molecular weight excluding hydrogens is 238 g/mol. The van der Waals surface area contributed by atoms with Gasteiger partial charge in [-0.15, -0.1) is 0 Å². The Labute approximate surface area is 112 Å². The predicted octanol–water partition coefficient (Wildman–Crippen LogP) is 2.21. The number of aryl methyl sites for hydroxylation is 1. The number of rotatable bonds is 3. The highest BCUT2D eigenvalue weighted by Crippen LogP contribution is 2.41. The van der Waals surface area contributed by atoms with Crippen LogP contribution in [-0.2, 0) is 6.42 Å². The SMILES string of the molecule is COc1nccnc1C(N)C1CCc2ccccc21. The van der Waals surface area contributed by atoms with Gasteiger partial charge >= 0.3 is 0 Å². The van der Waals surface area contributed by atoms with E-state index in [0.717, 1.165) is 18.5 Å². The molecule has 1 aromatic heterocycles. The fourth-order valence-corrected chi connectivity index (χ4v) is 2.88. The quantitative estimate of drug-likeness (QED) is 0.913. The number of aromatic nitrogens is 2. The summed E-state index contributed by atoms with van der Waals surface area (Å²) in [5.41, 5.74) is 9.88. The first kappa shape index (κ1) is 12.1. The Kier molecular flexibility index (Phi) is 3.17. The van der Waals surface area contributed by atoms with Gasteiger partial charge in [0.1, 0.15) is 5.69 Å². The minimum absolute atomic E-state index is 0.174. The van der Waals surface area contributed by atoms with Gasteiger partial charge in [0.25, 0.3) is 0 Å². The molecule has 0 bridgehead atoms. The van der Waals surface area contributed by atoms with Gasteiger partial charge in [0.05, 0.1) is 13.2 Å². The minimum Gasteiger partial charge on any atom is -0.480 e. The molecule has 19 heavy (non-hydrogen) atoms. The molecule has 0 radical (unpaired) electrons. The Morgan fingerprint density at radius 1 is 1.26 bits per heavy atom. The van der Waals surface area contributed by atoms with Crippen molar-refractivity contribution in [3.63, 3.8) is 0 Å².